The van der Waals surface area contributed by atoms with Crippen LogP contribution in [-0.4, -0.2) is 0 Å². The summed E-state index contributed by atoms with van der Waals surface area (Å²) in [4.78, 5) is 0. The number of furan rings is 1. The fraction of sp³-hybridized carbons (Fsp3) is 0. The van der Waals surface area contributed by atoms with Crippen molar-refractivity contribution in [1.82, 2.24) is 0 Å². The normalized spacial score (nSPS) is 11.9. The molecule has 1 heteroatoms. The van der Waals surface area contributed by atoms with Crippen LogP contribution in [0.4, 0.5) is 0 Å². The first-order valence-corrected chi connectivity index (χ1v) is 17.6. The van der Waals surface area contributed by atoms with Crippen LogP contribution < -0.4 is 0 Å². The third-order valence-electron chi connectivity index (χ3n) is 10.8. The predicted octanol–water partition coefficient (Wildman–Crippen LogP) is 14.4. The van der Waals surface area contributed by atoms with E-state index in [9.17, 15) is 0 Å². The molecule has 0 unspecified atom stereocenters. The third-order valence-corrected chi connectivity index (χ3v) is 10.8. The lowest BCUT2D eigenvalue weighted by Crippen LogP contribution is -1.90. The van der Waals surface area contributed by atoms with Crippen LogP contribution in [-0.2, 0) is 0 Å². The Labute approximate surface area is 294 Å². The van der Waals surface area contributed by atoms with Crippen LogP contribution in [0.3, 0.4) is 0 Å². The van der Waals surface area contributed by atoms with Gasteiger partial charge >= 0.3 is 0 Å². The van der Waals surface area contributed by atoms with E-state index < -0.39 is 0 Å². The van der Waals surface area contributed by atoms with E-state index in [-0.39, 0.29) is 0 Å². The molecule has 0 saturated carbocycles. The van der Waals surface area contributed by atoms with Gasteiger partial charge in [0, 0.05) is 16.2 Å². The standard InChI is InChI=1S/C50H30O/c1-2-11-32(12-3-1)48-41-14-6-8-16-43(41)49(44-17-9-7-15-42(44)48)38-23-22-34-26-33(18-19-35(34)27-38)36-20-21-37-29-46-45-25-24-31-10-4-5-13-40(31)50(45)51-47(46)30-39(37)28-36/h1-30H. The molecule has 236 valence electrons. The van der Waals surface area contributed by atoms with Crippen molar-refractivity contribution in [3.63, 3.8) is 0 Å². The van der Waals surface area contributed by atoms with Crippen molar-refractivity contribution in [3.8, 4) is 33.4 Å². The molecule has 0 radical (unpaired) electrons. The molecule has 0 aliphatic heterocycles. The Balaban J connectivity index is 1.03. The van der Waals surface area contributed by atoms with Crippen LogP contribution in [0.5, 0.6) is 0 Å². The largest absolute Gasteiger partial charge is 0.455 e. The second-order valence-corrected chi connectivity index (χ2v) is 13.7. The summed E-state index contributed by atoms with van der Waals surface area (Å²) in [6, 6.07) is 66.4. The van der Waals surface area contributed by atoms with Crippen molar-refractivity contribution in [2.24, 2.45) is 0 Å². The number of rotatable bonds is 3. The van der Waals surface area contributed by atoms with Crippen LogP contribution in [0.2, 0.25) is 0 Å². The van der Waals surface area contributed by atoms with Gasteiger partial charge < -0.3 is 4.42 Å². The van der Waals surface area contributed by atoms with Gasteiger partial charge in [-0.15, -0.1) is 0 Å². The van der Waals surface area contributed by atoms with E-state index in [1.54, 1.807) is 0 Å². The lowest BCUT2D eigenvalue weighted by Gasteiger charge is -2.18. The molecule has 11 rings (SSSR count). The van der Waals surface area contributed by atoms with Crippen molar-refractivity contribution in [3.05, 3.63) is 182 Å². The highest BCUT2D eigenvalue weighted by atomic mass is 16.3. The quantitative estimate of drug-likeness (QED) is 0.174. The average molecular weight is 647 g/mol. The zero-order valence-electron chi connectivity index (χ0n) is 27.7. The molecule has 51 heavy (non-hydrogen) atoms. The minimum Gasteiger partial charge on any atom is -0.455 e. The molecular formula is C50H30O. The first kappa shape index (κ1) is 28.2. The maximum absolute atomic E-state index is 6.51. The van der Waals surface area contributed by atoms with Gasteiger partial charge in [-0.1, -0.05) is 146 Å². The Morgan fingerprint density at radius 3 is 1.41 bits per heavy atom. The van der Waals surface area contributed by atoms with Gasteiger partial charge in [0.25, 0.3) is 0 Å². The van der Waals surface area contributed by atoms with Crippen molar-refractivity contribution in [1.29, 1.82) is 0 Å². The van der Waals surface area contributed by atoms with E-state index in [1.807, 2.05) is 0 Å². The monoisotopic (exact) mass is 646 g/mol. The maximum Gasteiger partial charge on any atom is 0.143 e. The minimum absolute atomic E-state index is 0.925. The van der Waals surface area contributed by atoms with E-state index in [0.717, 1.165) is 27.3 Å². The van der Waals surface area contributed by atoms with Gasteiger partial charge in [0.05, 0.1) is 0 Å². The predicted molar refractivity (Wildman–Crippen MR) is 218 cm³/mol. The molecule has 0 fully saturated rings. The first-order chi connectivity index (χ1) is 25.3. The summed E-state index contributed by atoms with van der Waals surface area (Å²) in [5.74, 6) is 0. The SMILES string of the molecule is c1ccc(-c2c3ccccc3c(-c3ccc4cc(-c5ccc6cc7c(cc6c5)oc5c6ccccc6ccc75)ccc4c3)c3ccccc23)cc1. The molecular weight excluding hydrogens is 617 g/mol. The highest BCUT2D eigenvalue weighted by Crippen LogP contribution is 2.44. The Morgan fingerprint density at radius 2 is 0.745 bits per heavy atom. The van der Waals surface area contributed by atoms with Crippen molar-refractivity contribution < 1.29 is 4.42 Å². The summed E-state index contributed by atoms with van der Waals surface area (Å²) in [5.41, 5.74) is 9.34. The third kappa shape index (κ3) is 4.35. The molecule has 0 aliphatic carbocycles. The molecule has 0 bridgehead atoms. The minimum atomic E-state index is 0.925. The summed E-state index contributed by atoms with van der Waals surface area (Å²) < 4.78 is 6.51. The van der Waals surface area contributed by atoms with Gasteiger partial charge in [0.1, 0.15) is 11.2 Å². The van der Waals surface area contributed by atoms with Gasteiger partial charge in [-0.25, -0.2) is 0 Å². The van der Waals surface area contributed by atoms with Crippen LogP contribution in [0.1, 0.15) is 0 Å². The fourth-order valence-corrected chi connectivity index (χ4v) is 8.36. The second-order valence-electron chi connectivity index (χ2n) is 13.7. The molecule has 0 spiro atoms. The maximum atomic E-state index is 6.51. The second kappa shape index (κ2) is 10.9. The van der Waals surface area contributed by atoms with Gasteiger partial charge in [-0.05, 0) is 118 Å². The summed E-state index contributed by atoms with van der Waals surface area (Å²) in [5, 5.41) is 14.6. The molecule has 0 N–H and O–H groups in total. The lowest BCUT2D eigenvalue weighted by atomic mass is 9.85. The molecule has 10 aromatic carbocycles. The van der Waals surface area contributed by atoms with Crippen molar-refractivity contribution in [2.75, 3.05) is 0 Å². The number of benzene rings is 10. The number of hydrogen-bond acceptors (Lipinski definition) is 1. The van der Waals surface area contributed by atoms with E-state index in [4.69, 9.17) is 4.42 Å². The Bertz CT molecular complexity index is 3130. The van der Waals surface area contributed by atoms with E-state index in [2.05, 4.69) is 182 Å². The number of hydrogen-bond donors (Lipinski definition) is 0. The highest BCUT2D eigenvalue weighted by molar-refractivity contribution is 6.22. The Hall–Kier alpha value is -6.70. The molecule has 0 amide bonds. The summed E-state index contributed by atoms with van der Waals surface area (Å²) >= 11 is 0. The summed E-state index contributed by atoms with van der Waals surface area (Å²) in [7, 11) is 0. The van der Waals surface area contributed by atoms with E-state index in [0.29, 0.717) is 0 Å². The highest BCUT2D eigenvalue weighted by Gasteiger charge is 2.17. The van der Waals surface area contributed by atoms with E-state index >= 15 is 0 Å². The first-order valence-electron chi connectivity index (χ1n) is 17.6. The van der Waals surface area contributed by atoms with Crippen LogP contribution in [0.25, 0.3) is 109 Å². The van der Waals surface area contributed by atoms with Crippen LogP contribution in [0.15, 0.2) is 186 Å². The smallest absolute Gasteiger partial charge is 0.143 e. The molecule has 0 aliphatic rings. The molecule has 11 aromatic rings. The zero-order valence-corrected chi connectivity index (χ0v) is 27.7. The van der Waals surface area contributed by atoms with E-state index in [1.165, 1.54) is 81.9 Å². The molecule has 1 heterocycles. The van der Waals surface area contributed by atoms with Gasteiger partial charge in [0.2, 0.25) is 0 Å². The average Bonchev–Trinajstić information content (AvgIpc) is 3.56. The lowest BCUT2D eigenvalue weighted by molar-refractivity contribution is 0.673. The molecule has 0 atom stereocenters. The Kier molecular flexibility index (Phi) is 6.02. The molecule has 1 aromatic heterocycles. The van der Waals surface area contributed by atoms with Gasteiger partial charge in [-0.3, -0.25) is 0 Å². The van der Waals surface area contributed by atoms with Crippen LogP contribution in [0, 0.1) is 0 Å². The topological polar surface area (TPSA) is 13.1 Å². The molecule has 1 nitrogen and oxygen atoms in total. The Morgan fingerprint density at radius 1 is 0.255 bits per heavy atom. The number of fused-ring (bicyclic) bond motifs is 9. The van der Waals surface area contributed by atoms with Gasteiger partial charge in [0.15, 0.2) is 0 Å². The summed E-state index contributed by atoms with van der Waals surface area (Å²) in [6.45, 7) is 0. The molecule has 0 saturated heterocycles. The fourth-order valence-electron chi connectivity index (χ4n) is 8.36. The summed E-state index contributed by atoms with van der Waals surface area (Å²) in [6.07, 6.45) is 0. The zero-order chi connectivity index (χ0) is 33.5. The van der Waals surface area contributed by atoms with Gasteiger partial charge in [-0.2, -0.15) is 0 Å². The van der Waals surface area contributed by atoms with Crippen molar-refractivity contribution >= 4 is 75.8 Å². The van der Waals surface area contributed by atoms with Crippen LogP contribution >= 0.6 is 0 Å². The van der Waals surface area contributed by atoms with Crippen molar-refractivity contribution in [2.45, 2.75) is 0 Å².